The quantitative estimate of drug-likeness (QED) is 0.134. The van der Waals surface area contributed by atoms with Gasteiger partial charge in [0.2, 0.25) is 0 Å². The molecule has 0 unspecified atom stereocenters. The Hall–Kier alpha value is -2.88. The summed E-state index contributed by atoms with van der Waals surface area (Å²) in [7, 11) is 0. The van der Waals surface area contributed by atoms with Crippen molar-refractivity contribution in [1.29, 1.82) is 0 Å². The van der Waals surface area contributed by atoms with Crippen molar-refractivity contribution in [2.24, 2.45) is 5.41 Å². The van der Waals surface area contributed by atoms with Gasteiger partial charge >= 0.3 is 0 Å². The third kappa shape index (κ3) is 13.6. The second-order valence-electron chi connectivity index (χ2n) is 14.5. The van der Waals surface area contributed by atoms with Crippen molar-refractivity contribution in [2.45, 2.75) is 131 Å². The first-order valence-corrected chi connectivity index (χ1v) is 16.9. The summed E-state index contributed by atoms with van der Waals surface area (Å²) in [5, 5.41) is 51.1. The summed E-state index contributed by atoms with van der Waals surface area (Å²) in [5.74, 6) is 0. The minimum atomic E-state index is -1.45. The molecule has 1 fully saturated rings. The largest absolute Gasteiger partial charge is 0.393 e. The van der Waals surface area contributed by atoms with Gasteiger partial charge in [0.25, 0.3) is 0 Å². The van der Waals surface area contributed by atoms with Crippen molar-refractivity contribution in [1.82, 2.24) is 0 Å². The third-order valence-electron chi connectivity index (χ3n) is 8.57. The van der Waals surface area contributed by atoms with E-state index in [1.165, 1.54) is 11.1 Å². The van der Waals surface area contributed by atoms with E-state index in [1.807, 2.05) is 56.4 Å². The number of allylic oxidation sites excluding steroid dienone is 18. The lowest BCUT2D eigenvalue weighted by Gasteiger charge is -2.41. The third-order valence-corrected chi connectivity index (χ3v) is 8.57. The van der Waals surface area contributed by atoms with E-state index in [1.54, 1.807) is 26.8 Å². The molecule has 7 heteroatoms. The van der Waals surface area contributed by atoms with Crippen molar-refractivity contribution in [3.63, 3.8) is 0 Å². The van der Waals surface area contributed by atoms with Gasteiger partial charge in [0.15, 0.2) is 6.29 Å². The molecule has 0 aromatic carbocycles. The van der Waals surface area contributed by atoms with Crippen molar-refractivity contribution in [3.05, 3.63) is 119 Å². The van der Waals surface area contributed by atoms with Gasteiger partial charge in [0, 0.05) is 0 Å². The molecular formula is C41H60O7. The van der Waals surface area contributed by atoms with Gasteiger partial charge in [-0.05, 0) is 79.2 Å². The Bertz CT molecular complexity index is 1370. The Labute approximate surface area is 289 Å². The molecule has 0 radical (unpaired) electrons. The van der Waals surface area contributed by atoms with Crippen LogP contribution in [-0.2, 0) is 9.47 Å². The van der Waals surface area contributed by atoms with E-state index in [9.17, 15) is 25.5 Å². The molecule has 266 valence electrons. The van der Waals surface area contributed by atoms with Crippen molar-refractivity contribution in [3.8, 4) is 0 Å². The van der Waals surface area contributed by atoms with Crippen LogP contribution in [0.2, 0.25) is 0 Å². The highest BCUT2D eigenvalue weighted by Crippen LogP contribution is 2.41. The highest BCUT2D eigenvalue weighted by Gasteiger charge is 2.44. The number of aliphatic hydroxyl groups excluding tert-OH is 4. The van der Waals surface area contributed by atoms with Gasteiger partial charge in [-0.1, -0.05) is 127 Å². The molecule has 1 aliphatic heterocycles. The lowest BCUT2D eigenvalue weighted by Crippen LogP contribution is -2.58. The van der Waals surface area contributed by atoms with Crippen molar-refractivity contribution < 1.29 is 35.0 Å². The lowest BCUT2D eigenvalue weighted by atomic mass is 9.71. The average Bonchev–Trinajstić information content (AvgIpc) is 2.97. The van der Waals surface area contributed by atoms with Gasteiger partial charge in [-0.15, -0.1) is 0 Å². The maximum absolute atomic E-state index is 10.6. The predicted octanol–water partition coefficient (Wildman–Crippen LogP) is 7.03. The van der Waals surface area contributed by atoms with Crippen LogP contribution in [0.25, 0.3) is 0 Å². The molecule has 0 amide bonds. The summed E-state index contributed by atoms with van der Waals surface area (Å²) in [4.78, 5) is 0. The van der Waals surface area contributed by atoms with Crippen LogP contribution < -0.4 is 0 Å². The average molecular weight is 665 g/mol. The van der Waals surface area contributed by atoms with Crippen LogP contribution in [0.4, 0.5) is 0 Å². The highest BCUT2D eigenvalue weighted by molar-refractivity contribution is 5.38. The Morgan fingerprint density at radius 3 is 1.81 bits per heavy atom. The summed E-state index contributed by atoms with van der Waals surface area (Å²) in [5.41, 5.74) is 5.55. The van der Waals surface area contributed by atoms with Crippen molar-refractivity contribution in [2.75, 3.05) is 0 Å². The summed E-state index contributed by atoms with van der Waals surface area (Å²) in [6.07, 6.45) is 22.5. The Morgan fingerprint density at radius 2 is 1.29 bits per heavy atom. The minimum Gasteiger partial charge on any atom is -0.393 e. The van der Waals surface area contributed by atoms with Crippen LogP contribution in [0.3, 0.4) is 0 Å². The monoisotopic (exact) mass is 664 g/mol. The molecule has 0 bridgehead atoms. The fourth-order valence-electron chi connectivity index (χ4n) is 5.69. The summed E-state index contributed by atoms with van der Waals surface area (Å²) in [6, 6.07) is 0. The maximum atomic E-state index is 10.6. The molecule has 7 atom stereocenters. The maximum Gasteiger partial charge on any atom is 0.187 e. The van der Waals surface area contributed by atoms with Crippen LogP contribution in [0, 0.1) is 5.41 Å². The zero-order valence-electron chi connectivity index (χ0n) is 30.6. The second-order valence-corrected chi connectivity index (χ2v) is 14.5. The van der Waals surface area contributed by atoms with Gasteiger partial charge in [-0.2, -0.15) is 0 Å². The van der Waals surface area contributed by atoms with E-state index in [0.29, 0.717) is 0 Å². The predicted molar refractivity (Wildman–Crippen MR) is 196 cm³/mol. The SMILES string of the molecule is CC1=C(/C=C/C(C)=C/C=C/C(C)=C/C=C/C=C(C)/C=C/C=C(C)/C=C/[C@H](O[C@@H]2O[C@@H](C)[C@H](O)[C@@H](O)[C@H]2O)C(C)(C)O)C(C)(C)C[C@H](O)C1. The number of hydrogen-bond donors (Lipinski definition) is 5. The number of rotatable bonds is 13. The van der Waals surface area contributed by atoms with Crippen molar-refractivity contribution >= 4 is 0 Å². The zero-order chi connectivity index (χ0) is 36.2. The Balaban J connectivity index is 1.93. The summed E-state index contributed by atoms with van der Waals surface area (Å²) < 4.78 is 11.4. The first kappa shape index (κ1) is 41.3. The van der Waals surface area contributed by atoms with Crippen LogP contribution in [0.15, 0.2) is 119 Å². The first-order chi connectivity index (χ1) is 22.3. The minimum absolute atomic E-state index is 0.0233. The molecule has 1 saturated heterocycles. The van der Waals surface area contributed by atoms with Crippen LogP contribution >= 0.6 is 0 Å². The topological polar surface area (TPSA) is 120 Å². The van der Waals surface area contributed by atoms with E-state index >= 15 is 0 Å². The second kappa shape index (κ2) is 18.8. The van der Waals surface area contributed by atoms with E-state index in [2.05, 4.69) is 71.1 Å². The molecule has 5 N–H and O–H groups in total. The molecule has 7 nitrogen and oxygen atoms in total. The summed E-state index contributed by atoms with van der Waals surface area (Å²) in [6.45, 7) is 19.4. The van der Waals surface area contributed by atoms with Crippen LogP contribution in [-0.4, -0.2) is 74.0 Å². The fraction of sp³-hybridized carbons (Fsp3) is 0.512. The fourth-order valence-corrected chi connectivity index (χ4v) is 5.69. The molecule has 0 aromatic rings. The first-order valence-electron chi connectivity index (χ1n) is 16.9. The molecule has 0 spiro atoms. The van der Waals surface area contributed by atoms with Gasteiger partial charge in [0.1, 0.15) is 24.4 Å². The number of aliphatic hydroxyl groups is 5. The molecule has 2 aliphatic rings. The normalized spacial score (nSPS) is 29.5. The standard InChI is InChI=1S/C41H60O7/c1-27(17-13-19-29(3)21-23-34-31(5)25-33(42)26-40(34,7)8)15-11-12-16-28(2)18-14-20-30(4)22-24-35(41(9,10)46)48-39-38(45)37(44)36(43)32(6)47-39/h11-24,32-33,35-39,42-46H,25-26H2,1-10H3/b12-11+,17-13+,18-14+,23-21+,24-22+,27-15+,28-16+,29-19+,30-20+/t32-,33+,35-,36-,37+,38+,39-/m0/s1. The lowest BCUT2D eigenvalue weighted by molar-refractivity contribution is -0.309. The Morgan fingerprint density at radius 1 is 0.792 bits per heavy atom. The van der Waals surface area contributed by atoms with Gasteiger partial charge in [-0.25, -0.2) is 0 Å². The molecule has 48 heavy (non-hydrogen) atoms. The van der Waals surface area contributed by atoms with Gasteiger partial charge in [-0.3, -0.25) is 0 Å². The number of hydrogen-bond acceptors (Lipinski definition) is 7. The molecule has 1 aliphatic carbocycles. The highest BCUT2D eigenvalue weighted by atomic mass is 16.7. The van der Waals surface area contributed by atoms with E-state index in [4.69, 9.17) is 9.47 Å². The zero-order valence-corrected chi connectivity index (χ0v) is 30.6. The molecular weight excluding hydrogens is 604 g/mol. The molecule has 2 rings (SSSR count). The van der Waals surface area contributed by atoms with Gasteiger partial charge < -0.3 is 35.0 Å². The van der Waals surface area contributed by atoms with E-state index in [0.717, 1.165) is 35.1 Å². The smallest absolute Gasteiger partial charge is 0.187 e. The molecule has 0 aromatic heterocycles. The molecule has 0 saturated carbocycles. The van der Waals surface area contributed by atoms with E-state index in [-0.39, 0.29) is 11.5 Å². The molecule has 1 heterocycles. The number of ether oxygens (including phenoxy) is 2. The summed E-state index contributed by atoms with van der Waals surface area (Å²) >= 11 is 0. The Kier molecular flexibility index (Phi) is 16.1. The van der Waals surface area contributed by atoms with E-state index < -0.39 is 42.4 Å². The van der Waals surface area contributed by atoms with Gasteiger partial charge in [0.05, 0.1) is 17.8 Å². The van der Waals surface area contributed by atoms with Crippen LogP contribution in [0.5, 0.6) is 0 Å². The van der Waals surface area contributed by atoms with Crippen LogP contribution in [0.1, 0.15) is 82.1 Å².